The molecule has 1 fully saturated rings. The minimum atomic E-state index is -0.403. The Bertz CT molecular complexity index is 227. The van der Waals surface area contributed by atoms with Gasteiger partial charge in [-0.1, -0.05) is 22.9 Å². The highest BCUT2D eigenvalue weighted by molar-refractivity contribution is 9.09. The van der Waals surface area contributed by atoms with Crippen molar-refractivity contribution in [3.8, 4) is 0 Å². The molecule has 1 rings (SSSR count). The van der Waals surface area contributed by atoms with Crippen molar-refractivity contribution < 1.29 is 9.53 Å². The zero-order valence-electron chi connectivity index (χ0n) is 9.92. The van der Waals surface area contributed by atoms with Crippen molar-refractivity contribution in [1.82, 2.24) is 4.90 Å². The number of alkyl halides is 1. The number of nitrogens with zero attached hydrogens (tertiary/aromatic N) is 1. The Kier molecular flexibility index (Phi) is 4.04. The summed E-state index contributed by atoms with van der Waals surface area (Å²) in [7, 11) is 0. The number of hydrogen-bond acceptors (Lipinski definition) is 2. The third-order valence-electron chi connectivity index (χ3n) is 2.26. The van der Waals surface area contributed by atoms with E-state index in [1.165, 1.54) is 0 Å². The Morgan fingerprint density at radius 3 is 2.47 bits per heavy atom. The second-order valence-corrected chi connectivity index (χ2v) is 6.62. The van der Waals surface area contributed by atoms with Gasteiger partial charge in [0.2, 0.25) is 0 Å². The van der Waals surface area contributed by atoms with Crippen LogP contribution in [-0.4, -0.2) is 34.5 Å². The minimum absolute atomic E-state index is 0.196. The topological polar surface area (TPSA) is 29.5 Å². The summed E-state index contributed by atoms with van der Waals surface area (Å²) < 4.78 is 5.34. The first-order chi connectivity index (χ1) is 6.78. The summed E-state index contributed by atoms with van der Waals surface area (Å²) >= 11 is 3.57. The summed E-state index contributed by atoms with van der Waals surface area (Å²) in [6.07, 6.45) is 0.928. The first-order valence-corrected chi connectivity index (χ1v) is 6.31. The zero-order chi connectivity index (χ0) is 11.6. The highest BCUT2D eigenvalue weighted by atomic mass is 79.9. The lowest BCUT2D eigenvalue weighted by atomic mass is 10.0. The number of ether oxygens (including phenoxy) is 1. The van der Waals surface area contributed by atoms with Crippen LogP contribution in [0.2, 0.25) is 0 Å². The van der Waals surface area contributed by atoms with E-state index in [1.807, 2.05) is 20.8 Å². The van der Waals surface area contributed by atoms with Crippen molar-refractivity contribution in [2.75, 3.05) is 13.1 Å². The van der Waals surface area contributed by atoms with Crippen LogP contribution in [0.25, 0.3) is 0 Å². The van der Waals surface area contributed by atoms with E-state index in [0.29, 0.717) is 10.7 Å². The maximum atomic E-state index is 11.8. The summed E-state index contributed by atoms with van der Waals surface area (Å²) in [4.78, 5) is 14.0. The quantitative estimate of drug-likeness (QED) is 0.637. The SMILES string of the molecule is C[C@@H]1CC(Br)CN(C(=O)OC(C)(C)C)C1. The van der Waals surface area contributed by atoms with E-state index >= 15 is 0 Å². The van der Waals surface area contributed by atoms with Crippen molar-refractivity contribution in [3.63, 3.8) is 0 Å². The molecule has 0 aliphatic carbocycles. The first kappa shape index (κ1) is 12.8. The molecule has 2 atom stereocenters. The van der Waals surface area contributed by atoms with Crippen LogP contribution < -0.4 is 0 Å². The number of carbonyl (C=O) groups excluding carboxylic acids is 1. The normalized spacial score (nSPS) is 27.7. The predicted molar refractivity (Wildman–Crippen MR) is 64.3 cm³/mol. The van der Waals surface area contributed by atoms with Gasteiger partial charge in [0.05, 0.1) is 0 Å². The van der Waals surface area contributed by atoms with Gasteiger partial charge in [0.1, 0.15) is 5.60 Å². The van der Waals surface area contributed by atoms with Gasteiger partial charge in [0.25, 0.3) is 0 Å². The molecule has 0 spiro atoms. The third-order valence-corrected chi connectivity index (χ3v) is 2.92. The molecular formula is C11H20BrNO2. The lowest BCUT2D eigenvalue weighted by Gasteiger charge is -2.35. The van der Waals surface area contributed by atoms with Crippen LogP contribution in [0.3, 0.4) is 0 Å². The van der Waals surface area contributed by atoms with Crippen molar-refractivity contribution in [3.05, 3.63) is 0 Å². The molecule has 0 saturated carbocycles. The van der Waals surface area contributed by atoms with Crippen LogP contribution in [-0.2, 0) is 4.74 Å². The number of carbonyl (C=O) groups is 1. The average molecular weight is 278 g/mol. The maximum absolute atomic E-state index is 11.8. The van der Waals surface area contributed by atoms with Gasteiger partial charge in [-0.25, -0.2) is 4.79 Å². The summed E-state index contributed by atoms with van der Waals surface area (Å²) in [5, 5.41) is 0. The van der Waals surface area contributed by atoms with Gasteiger partial charge in [0, 0.05) is 17.9 Å². The van der Waals surface area contributed by atoms with Crippen LogP contribution in [0.1, 0.15) is 34.1 Å². The highest BCUT2D eigenvalue weighted by Crippen LogP contribution is 2.23. The van der Waals surface area contributed by atoms with E-state index in [9.17, 15) is 4.79 Å². The van der Waals surface area contributed by atoms with E-state index in [1.54, 1.807) is 4.90 Å². The molecule has 1 heterocycles. The molecule has 4 heteroatoms. The van der Waals surface area contributed by atoms with Gasteiger partial charge in [-0.2, -0.15) is 0 Å². The molecule has 0 aromatic carbocycles. The number of amides is 1. The van der Waals surface area contributed by atoms with Crippen LogP contribution in [0.4, 0.5) is 4.79 Å². The molecular weight excluding hydrogens is 258 g/mol. The van der Waals surface area contributed by atoms with Gasteiger partial charge in [0.15, 0.2) is 0 Å². The molecule has 0 aromatic heterocycles. The standard InChI is InChI=1S/C11H20BrNO2/c1-8-5-9(12)7-13(6-8)10(14)15-11(2,3)4/h8-9H,5-7H2,1-4H3/t8-,9?/m1/s1. The summed E-state index contributed by atoms with van der Waals surface area (Å²) in [5.74, 6) is 0.538. The molecule has 0 N–H and O–H groups in total. The van der Waals surface area contributed by atoms with E-state index < -0.39 is 5.60 Å². The smallest absolute Gasteiger partial charge is 0.410 e. The van der Waals surface area contributed by atoms with Crippen LogP contribution in [0, 0.1) is 5.92 Å². The second kappa shape index (κ2) is 4.73. The Labute approximate surface area is 100 Å². The Hall–Kier alpha value is -0.250. The average Bonchev–Trinajstić information content (AvgIpc) is 1.98. The fraction of sp³-hybridized carbons (Fsp3) is 0.909. The fourth-order valence-corrected chi connectivity index (χ4v) is 2.74. The van der Waals surface area contributed by atoms with Crippen molar-refractivity contribution in [1.29, 1.82) is 0 Å². The fourth-order valence-electron chi connectivity index (χ4n) is 1.75. The van der Waals surface area contributed by atoms with Gasteiger partial charge < -0.3 is 9.64 Å². The molecule has 1 amide bonds. The van der Waals surface area contributed by atoms with Gasteiger partial charge in [-0.15, -0.1) is 0 Å². The number of piperidine rings is 1. The monoisotopic (exact) mass is 277 g/mol. The summed E-state index contributed by atoms with van der Waals surface area (Å²) in [6, 6.07) is 0. The van der Waals surface area contributed by atoms with Gasteiger partial charge >= 0.3 is 6.09 Å². The molecule has 1 unspecified atom stereocenters. The molecule has 0 bridgehead atoms. The number of rotatable bonds is 0. The molecule has 1 aliphatic rings. The second-order valence-electron chi connectivity index (χ2n) is 5.32. The number of halogens is 1. The lowest BCUT2D eigenvalue weighted by molar-refractivity contribution is 0.0182. The first-order valence-electron chi connectivity index (χ1n) is 5.40. The lowest BCUT2D eigenvalue weighted by Crippen LogP contribution is -2.45. The van der Waals surface area contributed by atoms with Crippen LogP contribution >= 0.6 is 15.9 Å². The van der Waals surface area contributed by atoms with Gasteiger partial charge in [-0.3, -0.25) is 0 Å². The highest BCUT2D eigenvalue weighted by Gasteiger charge is 2.29. The minimum Gasteiger partial charge on any atom is -0.444 e. The van der Waals surface area contributed by atoms with E-state index in [2.05, 4.69) is 22.9 Å². The largest absolute Gasteiger partial charge is 0.444 e. The summed E-state index contributed by atoms with van der Waals surface area (Å²) in [6.45, 7) is 9.39. The number of hydrogen-bond donors (Lipinski definition) is 0. The summed E-state index contributed by atoms with van der Waals surface area (Å²) in [5.41, 5.74) is -0.403. The van der Waals surface area contributed by atoms with Crippen LogP contribution in [0.15, 0.2) is 0 Å². The van der Waals surface area contributed by atoms with Crippen molar-refractivity contribution in [2.45, 2.75) is 44.5 Å². The molecule has 1 saturated heterocycles. The molecule has 15 heavy (non-hydrogen) atoms. The van der Waals surface area contributed by atoms with Crippen LogP contribution in [0.5, 0.6) is 0 Å². The molecule has 0 radical (unpaired) electrons. The van der Waals surface area contributed by atoms with Crippen molar-refractivity contribution in [2.24, 2.45) is 5.92 Å². The van der Waals surface area contributed by atoms with Gasteiger partial charge in [-0.05, 0) is 33.1 Å². The molecule has 0 aromatic rings. The Morgan fingerprint density at radius 1 is 1.40 bits per heavy atom. The Balaban J connectivity index is 2.52. The Morgan fingerprint density at radius 2 is 2.00 bits per heavy atom. The number of likely N-dealkylation sites (tertiary alicyclic amines) is 1. The third kappa shape index (κ3) is 4.41. The maximum Gasteiger partial charge on any atom is 0.410 e. The zero-order valence-corrected chi connectivity index (χ0v) is 11.5. The molecule has 88 valence electrons. The predicted octanol–water partition coefficient (Wildman–Crippen LogP) is 3.03. The van der Waals surface area contributed by atoms with E-state index in [-0.39, 0.29) is 6.09 Å². The molecule has 1 aliphatic heterocycles. The van der Waals surface area contributed by atoms with Crippen molar-refractivity contribution >= 4 is 22.0 Å². The molecule has 3 nitrogen and oxygen atoms in total. The van der Waals surface area contributed by atoms with E-state index in [0.717, 1.165) is 19.5 Å². The van der Waals surface area contributed by atoms with E-state index in [4.69, 9.17) is 4.74 Å².